The lowest BCUT2D eigenvalue weighted by Gasteiger charge is -1.96. The number of rotatable bonds is 2. The summed E-state index contributed by atoms with van der Waals surface area (Å²) in [5.74, 6) is 0. The van der Waals surface area contributed by atoms with Crippen LogP contribution in [0.1, 0.15) is 0 Å². The third-order valence-electron chi connectivity index (χ3n) is 0.681. The molecule has 3 heteroatoms. The molecule has 0 saturated carbocycles. The molecule has 0 fully saturated rings. The van der Waals surface area contributed by atoms with Crippen LogP contribution in [0.15, 0.2) is 0 Å². The average Bonchev–Trinajstić information content (AvgIpc) is 1.68. The Balaban J connectivity index is 3.25. The predicted molar refractivity (Wildman–Crippen MR) is 33.8 cm³/mol. The second-order valence-electron chi connectivity index (χ2n) is 1.49. The number of nitriles is 2. The molecule has 0 aromatic heterocycles. The van der Waals surface area contributed by atoms with Gasteiger partial charge in [0.2, 0.25) is 0 Å². The fraction of sp³-hybridized carbons (Fsp3) is 0.600. The number of nitrogens with zero attached hydrogens (tertiary/aromatic N) is 2. The number of hydrogen-bond acceptors (Lipinski definition) is 2. The molecule has 0 aliphatic heterocycles. The van der Waals surface area contributed by atoms with Gasteiger partial charge in [0, 0.05) is 0 Å². The smallest absolute Gasteiger partial charge is 0.0668 e. The Labute approximate surface area is 50.5 Å². The van der Waals surface area contributed by atoms with E-state index >= 15 is 0 Å². The van der Waals surface area contributed by atoms with E-state index in [4.69, 9.17) is 10.5 Å². The van der Waals surface area contributed by atoms with E-state index in [1.165, 1.54) is 0 Å². The molecule has 0 amide bonds. The Hall–Kier alpha value is -0.590. The van der Waals surface area contributed by atoms with Gasteiger partial charge in [-0.15, -0.1) is 0 Å². The summed E-state index contributed by atoms with van der Waals surface area (Å²) in [5, 5.41) is 16.2. The van der Waals surface area contributed by atoms with E-state index in [0.29, 0.717) is 12.3 Å². The summed E-state index contributed by atoms with van der Waals surface area (Å²) in [7, 11) is -0.303. The van der Waals surface area contributed by atoms with Gasteiger partial charge in [-0.1, -0.05) is 7.92 Å². The summed E-state index contributed by atoms with van der Waals surface area (Å²) < 4.78 is 0. The molecule has 0 radical (unpaired) electrons. The van der Waals surface area contributed by atoms with E-state index in [0.717, 1.165) is 0 Å². The van der Waals surface area contributed by atoms with Gasteiger partial charge in [0.05, 0.1) is 24.5 Å². The molecule has 0 aliphatic carbocycles. The van der Waals surface area contributed by atoms with Crippen LogP contribution in [0.2, 0.25) is 0 Å². The van der Waals surface area contributed by atoms with Gasteiger partial charge < -0.3 is 0 Å². The third-order valence-corrected chi connectivity index (χ3v) is 2.04. The van der Waals surface area contributed by atoms with Crippen molar-refractivity contribution < 1.29 is 0 Å². The first-order chi connectivity index (χ1) is 3.81. The van der Waals surface area contributed by atoms with Crippen LogP contribution in [-0.2, 0) is 0 Å². The highest BCUT2D eigenvalue weighted by Crippen LogP contribution is 2.27. The maximum absolute atomic E-state index is 8.12. The molecular formula is C5H7N2P. The Kier molecular flexibility index (Phi) is 4.23. The fourth-order valence-electron chi connectivity index (χ4n) is 0.297. The minimum Gasteiger partial charge on any atom is -0.198 e. The molecule has 0 aromatic rings. The van der Waals surface area contributed by atoms with Crippen molar-refractivity contribution >= 4 is 7.92 Å². The molecule has 8 heavy (non-hydrogen) atoms. The van der Waals surface area contributed by atoms with E-state index < -0.39 is 0 Å². The van der Waals surface area contributed by atoms with E-state index in [1.807, 2.05) is 18.8 Å². The first kappa shape index (κ1) is 7.41. The molecule has 0 N–H and O–H groups in total. The molecule has 0 unspecified atom stereocenters. The van der Waals surface area contributed by atoms with Crippen molar-refractivity contribution in [3.63, 3.8) is 0 Å². The Morgan fingerprint density at radius 3 is 1.88 bits per heavy atom. The van der Waals surface area contributed by atoms with Crippen LogP contribution in [-0.4, -0.2) is 19.0 Å². The van der Waals surface area contributed by atoms with Crippen LogP contribution >= 0.6 is 7.92 Å². The van der Waals surface area contributed by atoms with Crippen molar-refractivity contribution in [2.45, 2.75) is 0 Å². The molecule has 0 aromatic carbocycles. The second-order valence-corrected chi connectivity index (χ2v) is 3.83. The zero-order valence-electron chi connectivity index (χ0n) is 4.76. The van der Waals surface area contributed by atoms with E-state index in [9.17, 15) is 0 Å². The van der Waals surface area contributed by atoms with E-state index in [1.54, 1.807) is 0 Å². The minimum atomic E-state index is -0.303. The molecule has 2 nitrogen and oxygen atoms in total. The van der Waals surface area contributed by atoms with Gasteiger partial charge in [0.15, 0.2) is 0 Å². The van der Waals surface area contributed by atoms with Crippen LogP contribution in [0.5, 0.6) is 0 Å². The summed E-state index contributed by atoms with van der Waals surface area (Å²) in [5.41, 5.74) is 0. The average molecular weight is 126 g/mol. The van der Waals surface area contributed by atoms with Gasteiger partial charge >= 0.3 is 0 Å². The van der Waals surface area contributed by atoms with Crippen molar-refractivity contribution in [3.8, 4) is 12.1 Å². The van der Waals surface area contributed by atoms with Crippen LogP contribution < -0.4 is 0 Å². The maximum atomic E-state index is 8.12. The summed E-state index contributed by atoms with van der Waals surface area (Å²) in [4.78, 5) is 0. The SMILES string of the molecule is CP(CC#N)CC#N. The summed E-state index contributed by atoms with van der Waals surface area (Å²) in [6.07, 6.45) is 1.12. The quantitative estimate of drug-likeness (QED) is 0.521. The van der Waals surface area contributed by atoms with Crippen LogP contribution in [0.4, 0.5) is 0 Å². The fourth-order valence-corrected chi connectivity index (χ4v) is 0.892. The lowest BCUT2D eigenvalue weighted by molar-refractivity contribution is 1.46. The summed E-state index contributed by atoms with van der Waals surface area (Å²) in [6.45, 7) is 1.96. The Morgan fingerprint density at radius 1 is 1.25 bits per heavy atom. The standard InChI is InChI=1S/C5H7N2P/c1-8(4-2-6)5-3-7/h4-5H2,1H3. The van der Waals surface area contributed by atoms with Gasteiger partial charge in [0.25, 0.3) is 0 Å². The number of hydrogen-bond donors (Lipinski definition) is 0. The van der Waals surface area contributed by atoms with Gasteiger partial charge in [-0.25, -0.2) is 0 Å². The Morgan fingerprint density at radius 2 is 1.62 bits per heavy atom. The highest BCUT2D eigenvalue weighted by molar-refractivity contribution is 7.57. The topological polar surface area (TPSA) is 47.6 Å². The van der Waals surface area contributed by atoms with Crippen molar-refractivity contribution in [2.24, 2.45) is 0 Å². The van der Waals surface area contributed by atoms with E-state index in [2.05, 4.69) is 0 Å². The second kappa shape index (κ2) is 4.57. The lowest BCUT2D eigenvalue weighted by Crippen LogP contribution is -1.80. The van der Waals surface area contributed by atoms with Crippen molar-refractivity contribution in [2.75, 3.05) is 19.0 Å². The monoisotopic (exact) mass is 126 g/mol. The van der Waals surface area contributed by atoms with Gasteiger partial charge in [-0.05, 0) is 6.66 Å². The molecule has 42 valence electrons. The van der Waals surface area contributed by atoms with Crippen molar-refractivity contribution in [3.05, 3.63) is 0 Å². The molecule has 0 rings (SSSR count). The maximum Gasteiger partial charge on any atom is 0.0668 e. The minimum absolute atomic E-state index is 0.303. The van der Waals surface area contributed by atoms with Crippen molar-refractivity contribution in [1.29, 1.82) is 10.5 Å². The zero-order valence-corrected chi connectivity index (χ0v) is 5.65. The largest absolute Gasteiger partial charge is 0.198 e. The zero-order chi connectivity index (χ0) is 6.41. The van der Waals surface area contributed by atoms with Crippen LogP contribution in [0.3, 0.4) is 0 Å². The van der Waals surface area contributed by atoms with Gasteiger partial charge in [-0.3, -0.25) is 0 Å². The molecule has 0 spiro atoms. The molecule has 0 atom stereocenters. The van der Waals surface area contributed by atoms with Crippen LogP contribution in [0.25, 0.3) is 0 Å². The third kappa shape index (κ3) is 3.59. The Bertz CT molecular complexity index is 114. The van der Waals surface area contributed by atoms with Gasteiger partial charge in [-0.2, -0.15) is 10.5 Å². The first-order valence-electron chi connectivity index (χ1n) is 2.23. The van der Waals surface area contributed by atoms with Gasteiger partial charge in [0.1, 0.15) is 0 Å². The van der Waals surface area contributed by atoms with Crippen LogP contribution in [0, 0.1) is 22.7 Å². The first-order valence-corrected chi connectivity index (χ1v) is 4.39. The summed E-state index contributed by atoms with van der Waals surface area (Å²) in [6, 6.07) is 4.06. The predicted octanol–water partition coefficient (Wildman–Crippen LogP) is 1.15. The molecule has 0 aliphatic rings. The molecule has 0 bridgehead atoms. The molecular weight excluding hydrogens is 119 g/mol. The normalized spacial score (nSPS) is 8.00. The highest BCUT2D eigenvalue weighted by Gasteiger charge is 1.95. The van der Waals surface area contributed by atoms with Crippen molar-refractivity contribution in [1.82, 2.24) is 0 Å². The molecule has 0 heterocycles. The lowest BCUT2D eigenvalue weighted by atomic mass is 10.9. The highest BCUT2D eigenvalue weighted by atomic mass is 31.1. The van der Waals surface area contributed by atoms with E-state index in [-0.39, 0.29) is 7.92 Å². The molecule has 0 saturated heterocycles. The summed E-state index contributed by atoms with van der Waals surface area (Å²) >= 11 is 0.